The summed E-state index contributed by atoms with van der Waals surface area (Å²) < 4.78 is 10.0. The molecule has 0 saturated carbocycles. The summed E-state index contributed by atoms with van der Waals surface area (Å²) in [5.41, 5.74) is 0. The van der Waals surface area contributed by atoms with Gasteiger partial charge in [0.05, 0.1) is 13.2 Å². The topological polar surface area (TPSA) is 35.5 Å². The van der Waals surface area contributed by atoms with Crippen LogP contribution < -0.4 is 0 Å². The smallest absolute Gasteiger partial charge is 0.373 e. The Morgan fingerprint density at radius 3 is 3.25 bits per heavy atom. The average molecular weight is 170 g/mol. The summed E-state index contributed by atoms with van der Waals surface area (Å²) in [4.78, 5) is 11.1. The third-order valence-electron chi connectivity index (χ3n) is 1.66. The van der Waals surface area contributed by atoms with Gasteiger partial charge in [0.15, 0.2) is 0 Å². The summed E-state index contributed by atoms with van der Waals surface area (Å²) in [6, 6.07) is 0. The van der Waals surface area contributed by atoms with Gasteiger partial charge in [0.1, 0.15) is 0 Å². The Labute approximate surface area is 72.4 Å². The molecule has 0 aromatic heterocycles. The van der Waals surface area contributed by atoms with E-state index in [-0.39, 0.29) is 5.97 Å². The summed E-state index contributed by atoms with van der Waals surface area (Å²) in [6.45, 7) is 2.82. The fourth-order valence-electron chi connectivity index (χ4n) is 1.07. The van der Waals surface area contributed by atoms with Crippen molar-refractivity contribution < 1.29 is 14.3 Å². The van der Waals surface area contributed by atoms with Crippen LogP contribution in [0.2, 0.25) is 0 Å². The van der Waals surface area contributed by atoms with Crippen molar-refractivity contribution in [1.29, 1.82) is 0 Å². The van der Waals surface area contributed by atoms with Crippen LogP contribution in [-0.4, -0.2) is 19.2 Å². The van der Waals surface area contributed by atoms with Gasteiger partial charge in [-0.25, -0.2) is 4.79 Å². The van der Waals surface area contributed by atoms with Crippen molar-refractivity contribution in [2.24, 2.45) is 0 Å². The molecule has 0 amide bonds. The van der Waals surface area contributed by atoms with Crippen LogP contribution in [0.25, 0.3) is 0 Å². The van der Waals surface area contributed by atoms with Crippen molar-refractivity contribution in [3.63, 3.8) is 0 Å². The standard InChI is InChI=1S/C9H14O3/c1-2-11-9(10)8-6-4-3-5-7-12-8/h6H,2-5,7H2,1H3. The maximum Gasteiger partial charge on any atom is 0.373 e. The highest BCUT2D eigenvalue weighted by Gasteiger charge is 2.13. The summed E-state index contributed by atoms with van der Waals surface area (Å²) in [7, 11) is 0. The normalized spacial score (nSPS) is 17.2. The van der Waals surface area contributed by atoms with Gasteiger partial charge in [-0.3, -0.25) is 0 Å². The lowest BCUT2D eigenvalue weighted by molar-refractivity contribution is -0.142. The number of allylic oxidation sites excluding steroid dienone is 1. The number of carbonyl (C=O) groups is 1. The lowest BCUT2D eigenvalue weighted by Crippen LogP contribution is -2.10. The highest BCUT2D eigenvalue weighted by atomic mass is 16.6. The molecule has 0 aliphatic carbocycles. The summed E-state index contributed by atoms with van der Waals surface area (Å²) in [5, 5.41) is 0. The molecule has 0 atom stereocenters. The van der Waals surface area contributed by atoms with Crippen LogP contribution in [0.3, 0.4) is 0 Å². The van der Waals surface area contributed by atoms with Crippen LogP contribution >= 0.6 is 0 Å². The first kappa shape index (κ1) is 9.10. The SMILES string of the molecule is CCOC(=O)C1=CCCCCO1. The van der Waals surface area contributed by atoms with E-state index in [2.05, 4.69) is 0 Å². The Bertz CT molecular complexity index is 184. The lowest BCUT2D eigenvalue weighted by atomic mass is 10.2. The molecular weight excluding hydrogens is 156 g/mol. The van der Waals surface area contributed by atoms with E-state index in [1.807, 2.05) is 6.08 Å². The van der Waals surface area contributed by atoms with Crippen molar-refractivity contribution in [3.8, 4) is 0 Å². The molecule has 0 radical (unpaired) electrons. The highest BCUT2D eigenvalue weighted by molar-refractivity contribution is 5.86. The molecule has 0 bridgehead atoms. The monoisotopic (exact) mass is 170 g/mol. The van der Waals surface area contributed by atoms with E-state index in [1.54, 1.807) is 6.92 Å². The fraction of sp³-hybridized carbons (Fsp3) is 0.667. The van der Waals surface area contributed by atoms with Crippen LogP contribution in [0, 0.1) is 0 Å². The number of rotatable bonds is 2. The van der Waals surface area contributed by atoms with E-state index >= 15 is 0 Å². The van der Waals surface area contributed by atoms with Gasteiger partial charge in [-0.1, -0.05) is 0 Å². The van der Waals surface area contributed by atoms with Crippen molar-refractivity contribution in [2.45, 2.75) is 26.2 Å². The molecular formula is C9H14O3. The van der Waals surface area contributed by atoms with Gasteiger partial charge in [-0.15, -0.1) is 0 Å². The number of carbonyl (C=O) groups excluding carboxylic acids is 1. The number of ether oxygens (including phenoxy) is 2. The van der Waals surface area contributed by atoms with Crippen molar-refractivity contribution in [1.82, 2.24) is 0 Å². The third kappa shape index (κ3) is 2.57. The zero-order chi connectivity index (χ0) is 8.81. The fourth-order valence-corrected chi connectivity index (χ4v) is 1.07. The Kier molecular flexibility index (Phi) is 3.64. The molecule has 3 heteroatoms. The molecule has 0 N–H and O–H groups in total. The van der Waals surface area contributed by atoms with Gasteiger partial charge in [0.2, 0.25) is 5.76 Å². The van der Waals surface area contributed by atoms with Crippen molar-refractivity contribution >= 4 is 5.97 Å². The quantitative estimate of drug-likeness (QED) is 0.591. The van der Waals surface area contributed by atoms with E-state index in [9.17, 15) is 4.79 Å². The van der Waals surface area contributed by atoms with Gasteiger partial charge in [-0.2, -0.15) is 0 Å². The first-order chi connectivity index (χ1) is 5.84. The molecule has 0 aromatic carbocycles. The highest BCUT2D eigenvalue weighted by Crippen LogP contribution is 2.11. The van der Waals surface area contributed by atoms with Gasteiger partial charge in [-0.05, 0) is 32.3 Å². The Morgan fingerprint density at radius 2 is 2.50 bits per heavy atom. The van der Waals surface area contributed by atoms with Gasteiger partial charge < -0.3 is 9.47 Å². The summed E-state index contributed by atoms with van der Waals surface area (Å²) >= 11 is 0. The molecule has 12 heavy (non-hydrogen) atoms. The molecule has 68 valence electrons. The minimum absolute atomic E-state index is 0.334. The van der Waals surface area contributed by atoms with Crippen LogP contribution in [-0.2, 0) is 14.3 Å². The minimum atomic E-state index is -0.334. The largest absolute Gasteiger partial charge is 0.487 e. The van der Waals surface area contributed by atoms with Crippen LogP contribution in [0.15, 0.2) is 11.8 Å². The molecule has 0 saturated heterocycles. The molecule has 1 rings (SSSR count). The Balaban J connectivity index is 2.47. The van der Waals surface area contributed by atoms with Crippen LogP contribution in [0.1, 0.15) is 26.2 Å². The Morgan fingerprint density at radius 1 is 1.67 bits per heavy atom. The number of esters is 1. The third-order valence-corrected chi connectivity index (χ3v) is 1.66. The van der Waals surface area contributed by atoms with Gasteiger partial charge >= 0.3 is 5.97 Å². The van der Waals surface area contributed by atoms with E-state index in [0.717, 1.165) is 19.3 Å². The molecule has 0 unspecified atom stereocenters. The maximum atomic E-state index is 11.1. The van der Waals surface area contributed by atoms with E-state index < -0.39 is 0 Å². The molecule has 0 fully saturated rings. The molecule has 0 aromatic rings. The van der Waals surface area contributed by atoms with Crippen LogP contribution in [0.4, 0.5) is 0 Å². The zero-order valence-electron chi connectivity index (χ0n) is 7.34. The minimum Gasteiger partial charge on any atom is -0.487 e. The first-order valence-electron chi connectivity index (χ1n) is 4.34. The van der Waals surface area contributed by atoms with Crippen LogP contribution in [0.5, 0.6) is 0 Å². The Hall–Kier alpha value is -0.990. The first-order valence-corrected chi connectivity index (χ1v) is 4.34. The second-order valence-electron chi connectivity index (χ2n) is 2.63. The van der Waals surface area contributed by atoms with Gasteiger partial charge in [0, 0.05) is 0 Å². The number of hydrogen-bond acceptors (Lipinski definition) is 3. The van der Waals surface area contributed by atoms with Gasteiger partial charge in [0.25, 0.3) is 0 Å². The predicted molar refractivity (Wildman–Crippen MR) is 44.5 cm³/mol. The predicted octanol–water partition coefficient (Wildman–Crippen LogP) is 1.63. The summed E-state index contributed by atoms with van der Waals surface area (Å²) in [5.74, 6) is 0.0498. The van der Waals surface area contributed by atoms with Crippen molar-refractivity contribution in [2.75, 3.05) is 13.2 Å². The average Bonchev–Trinajstić information content (AvgIpc) is 2.32. The van der Waals surface area contributed by atoms with E-state index in [1.165, 1.54) is 0 Å². The molecule has 0 spiro atoms. The molecule has 1 aliphatic rings. The van der Waals surface area contributed by atoms with E-state index in [4.69, 9.17) is 9.47 Å². The molecule has 3 nitrogen and oxygen atoms in total. The lowest BCUT2D eigenvalue weighted by Gasteiger charge is -2.05. The second-order valence-corrected chi connectivity index (χ2v) is 2.63. The number of hydrogen-bond donors (Lipinski definition) is 0. The second kappa shape index (κ2) is 4.80. The summed E-state index contributed by atoms with van der Waals surface area (Å²) in [6.07, 6.45) is 4.82. The molecule has 1 aliphatic heterocycles. The van der Waals surface area contributed by atoms with E-state index in [0.29, 0.717) is 19.0 Å². The zero-order valence-corrected chi connectivity index (χ0v) is 7.34. The van der Waals surface area contributed by atoms with Crippen molar-refractivity contribution in [3.05, 3.63) is 11.8 Å². The molecule has 1 heterocycles. The maximum absolute atomic E-state index is 11.1.